The van der Waals surface area contributed by atoms with Crippen molar-refractivity contribution < 1.29 is 14.3 Å². The van der Waals surface area contributed by atoms with Crippen LogP contribution in [0.4, 0.5) is 0 Å². The number of carbonyl (C=O) groups excluding carboxylic acids is 1. The summed E-state index contributed by atoms with van der Waals surface area (Å²) in [5.41, 5.74) is 1.26. The molecule has 1 fully saturated rings. The Hall–Kier alpha value is -1.55. The highest BCUT2D eigenvalue weighted by molar-refractivity contribution is 5.77. The van der Waals surface area contributed by atoms with Gasteiger partial charge in [-0.05, 0) is 43.4 Å². The first-order chi connectivity index (χ1) is 11.3. The highest BCUT2D eigenvalue weighted by atomic mass is 16.5. The fraction of sp³-hybridized carbons (Fsp3) is 0.632. The minimum atomic E-state index is -0.0813. The van der Waals surface area contributed by atoms with Gasteiger partial charge in [-0.2, -0.15) is 0 Å². The molecule has 1 amide bonds. The van der Waals surface area contributed by atoms with Crippen molar-refractivity contribution in [1.29, 1.82) is 0 Å². The molecule has 1 aliphatic rings. The molecular weight excluding hydrogens is 290 g/mol. The SMILES string of the molecule is CCc1ccc(OCC(=O)NCCCOC2CCCCC2)cc1. The van der Waals surface area contributed by atoms with E-state index in [0.29, 0.717) is 12.6 Å². The number of ether oxygens (including phenoxy) is 2. The molecule has 0 aliphatic heterocycles. The first-order valence-corrected chi connectivity index (χ1v) is 8.88. The van der Waals surface area contributed by atoms with Crippen molar-refractivity contribution in [2.24, 2.45) is 0 Å². The van der Waals surface area contributed by atoms with Crippen LogP contribution in [0.25, 0.3) is 0 Å². The number of carbonyl (C=O) groups is 1. The largest absolute Gasteiger partial charge is 0.484 e. The van der Waals surface area contributed by atoms with Crippen molar-refractivity contribution in [2.75, 3.05) is 19.8 Å². The average molecular weight is 319 g/mol. The minimum absolute atomic E-state index is 0.0644. The number of amides is 1. The van der Waals surface area contributed by atoms with Crippen molar-refractivity contribution in [2.45, 2.75) is 58.0 Å². The van der Waals surface area contributed by atoms with Crippen LogP contribution in [0.3, 0.4) is 0 Å². The zero-order chi connectivity index (χ0) is 16.3. The van der Waals surface area contributed by atoms with E-state index >= 15 is 0 Å². The number of hydrogen-bond donors (Lipinski definition) is 1. The molecule has 0 radical (unpaired) electrons. The second kappa shape index (κ2) is 10.3. The lowest BCUT2D eigenvalue weighted by atomic mass is 9.98. The monoisotopic (exact) mass is 319 g/mol. The molecule has 1 N–H and O–H groups in total. The molecule has 1 aromatic rings. The number of hydrogen-bond acceptors (Lipinski definition) is 3. The topological polar surface area (TPSA) is 47.6 Å². The lowest BCUT2D eigenvalue weighted by molar-refractivity contribution is -0.123. The van der Waals surface area contributed by atoms with Crippen LogP contribution < -0.4 is 10.1 Å². The Balaban J connectivity index is 1.50. The maximum atomic E-state index is 11.7. The third-order valence-electron chi connectivity index (χ3n) is 4.25. The van der Waals surface area contributed by atoms with E-state index in [0.717, 1.165) is 25.2 Å². The predicted octanol–water partition coefficient (Wildman–Crippen LogP) is 3.48. The fourth-order valence-electron chi connectivity index (χ4n) is 2.80. The van der Waals surface area contributed by atoms with Crippen LogP contribution in [-0.2, 0) is 16.0 Å². The van der Waals surface area contributed by atoms with Crippen LogP contribution in [-0.4, -0.2) is 31.8 Å². The highest BCUT2D eigenvalue weighted by Gasteiger charge is 2.13. The van der Waals surface area contributed by atoms with Crippen LogP contribution in [0.1, 0.15) is 51.0 Å². The number of nitrogens with one attached hydrogen (secondary N) is 1. The second-order valence-electron chi connectivity index (χ2n) is 6.12. The van der Waals surface area contributed by atoms with Gasteiger partial charge in [0, 0.05) is 13.2 Å². The van der Waals surface area contributed by atoms with Crippen LogP contribution in [0.5, 0.6) is 5.75 Å². The summed E-state index contributed by atoms with van der Waals surface area (Å²) in [5, 5.41) is 2.87. The van der Waals surface area contributed by atoms with E-state index in [4.69, 9.17) is 9.47 Å². The summed E-state index contributed by atoms with van der Waals surface area (Å²) in [4.78, 5) is 11.7. The number of benzene rings is 1. The summed E-state index contributed by atoms with van der Waals surface area (Å²) >= 11 is 0. The third kappa shape index (κ3) is 7.04. The molecule has 1 aromatic carbocycles. The molecule has 0 bridgehead atoms. The summed E-state index contributed by atoms with van der Waals surface area (Å²) in [7, 11) is 0. The van der Waals surface area contributed by atoms with Gasteiger partial charge in [0.15, 0.2) is 6.61 Å². The van der Waals surface area contributed by atoms with Crippen LogP contribution in [0.2, 0.25) is 0 Å². The van der Waals surface area contributed by atoms with Gasteiger partial charge in [-0.3, -0.25) is 4.79 Å². The molecule has 0 spiro atoms. The average Bonchev–Trinajstić information content (AvgIpc) is 2.61. The Bertz CT molecular complexity index is 452. The molecule has 23 heavy (non-hydrogen) atoms. The Morgan fingerprint density at radius 2 is 1.91 bits per heavy atom. The molecule has 128 valence electrons. The highest BCUT2D eigenvalue weighted by Crippen LogP contribution is 2.20. The van der Waals surface area contributed by atoms with E-state index in [1.807, 2.05) is 24.3 Å². The molecule has 0 atom stereocenters. The standard InChI is InChI=1S/C19H29NO3/c1-2-16-9-11-18(12-10-16)23-15-19(21)20-13-6-14-22-17-7-4-3-5-8-17/h9-12,17H,2-8,13-15H2,1H3,(H,20,21). The Kier molecular flexibility index (Phi) is 7.95. The van der Waals surface area contributed by atoms with Crippen LogP contribution >= 0.6 is 0 Å². The van der Waals surface area contributed by atoms with Gasteiger partial charge in [-0.1, -0.05) is 38.3 Å². The Morgan fingerprint density at radius 1 is 1.17 bits per heavy atom. The molecule has 0 aromatic heterocycles. The Labute approximate surface area is 139 Å². The van der Waals surface area contributed by atoms with Crippen LogP contribution in [0, 0.1) is 0 Å². The summed E-state index contributed by atoms with van der Waals surface area (Å²) in [6, 6.07) is 7.86. The fourth-order valence-corrected chi connectivity index (χ4v) is 2.80. The second-order valence-corrected chi connectivity index (χ2v) is 6.12. The molecule has 0 heterocycles. The minimum Gasteiger partial charge on any atom is -0.484 e. The molecule has 0 saturated heterocycles. The molecule has 4 heteroatoms. The van der Waals surface area contributed by atoms with Gasteiger partial charge in [-0.25, -0.2) is 0 Å². The molecule has 4 nitrogen and oxygen atoms in total. The van der Waals surface area contributed by atoms with Crippen molar-refractivity contribution in [3.63, 3.8) is 0 Å². The summed E-state index contributed by atoms with van der Waals surface area (Å²) in [5.74, 6) is 0.653. The molecular formula is C19H29NO3. The van der Waals surface area contributed by atoms with E-state index in [1.54, 1.807) is 0 Å². The van der Waals surface area contributed by atoms with Gasteiger partial charge < -0.3 is 14.8 Å². The molecule has 1 saturated carbocycles. The lowest BCUT2D eigenvalue weighted by Crippen LogP contribution is -2.30. The number of aryl methyl sites for hydroxylation is 1. The van der Waals surface area contributed by atoms with E-state index in [9.17, 15) is 4.79 Å². The van der Waals surface area contributed by atoms with Crippen molar-refractivity contribution >= 4 is 5.91 Å². The van der Waals surface area contributed by atoms with Crippen molar-refractivity contribution in [3.05, 3.63) is 29.8 Å². The maximum absolute atomic E-state index is 11.7. The summed E-state index contributed by atoms with van der Waals surface area (Å²) in [6.07, 6.45) is 8.60. The maximum Gasteiger partial charge on any atom is 0.257 e. The van der Waals surface area contributed by atoms with Crippen LogP contribution in [0.15, 0.2) is 24.3 Å². The van der Waals surface area contributed by atoms with Crippen molar-refractivity contribution in [3.8, 4) is 5.75 Å². The smallest absolute Gasteiger partial charge is 0.257 e. The first-order valence-electron chi connectivity index (χ1n) is 8.88. The predicted molar refractivity (Wildman–Crippen MR) is 91.8 cm³/mol. The van der Waals surface area contributed by atoms with Gasteiger partial charge in [0.2, 0.25) is 0 Å². The van der Waals surface area contributed by atoms with Crippen molar-refractivity contribution in [1.82, 2.24) is 5.32 Å². The van der Waals surface area contributed by atoms with E-state index in [2.05, 4.69) is 12.2 Å². The van der Waals surface area contributed by atoms with Gasteiger partial charge in [-0.15, -0.1) is 0 Å². The zero-order valence-corrected chi connectivity index (χ0v) is 14.2. The molecule has 2 rings (SSSR count). The Morgan fingerprint density at radius 3 is 2.61 bits per heavy atom. The third-order valence-corrected chi connectivity index (χ3v) is 4.25. The zero-order valence-electron chi connectivity index (χ0n) is 14.2. The lowest BCUT2D eigenvalue weighted by Gasteiger charge is -2.21. The van der Waals surface area contributed by atoms with Gasteiger partial charge in [0.1, 0.15) is 5.75 Å². The van der Waals surface area contributed by atoms with E-state index < -0.39 is 0 Å². The van der Waals surface area contributed by atoms with E-state index in [1.165, 1.54) is 37.7 Å². The summed E-state index contributed by atoms with van der Waals surface area (Å²) in [6.45, 7) is 3.55. The summed E-state index contributed by atoms with van der Waals surface area (Å²) < 4.78 is 11.3. The quantitative estimate of drug-likeness (QED) is 0.709. The molecule has 1 aliphatic carbocycles. The first kappa shape index (κ1) is 17.8. The normalized spacial score (nSPS) is 15.3. The van der Waals surface area contributed by atoms with Gasteiger partial charge >= 0.3 is 0 Å². The van der Waals surface area contributed by atoms with Gasteiger partial charge in [0.25, 0.3) is 5.91 Å². The molecule has 0 unspecified atom stereocenters. The van der Waals surface area contributed by atoms with Gasteiger partial charge in [0.05, 0.1) is 6.10 Å². The number of rotatable bonds is 9. The van der Waals surface area contributed by atoms with E-state index in [-0.39, 0.29) is 12.5 Å².